The van der Waals surface area contributed by atoms with Crippen LogP contribution in [-0.2, 0) is 0 Å². The lowest BCUT2D eigenvalue weighted by Gasteiger charge is -2.26. The summed E-state index contributed by atoms with van der Waals surface area (Å²) in [6, 6.07) is 0.709. The third-order valence-electron chi connectivity index (χ3n) is 2.85. The first-order chi connectivity index (χ1) is 6.68. The highest BCUT2D eigenvalue weighted by molar-refractivity contribution is 4.73. The number of piperidine rings is 1. The van der Waals surface area contributed by atoms with Gasteiger partial charge in [-0.1, -0.05) is 6.42 Å². The predicted molar refractivity (Wildman–Crippen MR) is 59.4 cm³/mol. The Morgan fingerprint density at radius 3 is 2.86 bits per heavy atom. The highest BCUT2D eigenvalue weighted by atomic mass is 16.3. The Balaban J connectivity index is 2.06. The minimum absolute atomic E-state index is 0.209. The van der Waals surface area contributed by atoms with Crippen molar-refractivity contribution in [3.63, 3.8) is 0 Å². The summed E-state index contributed by atoms with van der Waals surface area (Å²) in [6.45, 7) is 4.90. The molecule has 1 aliphatic heterocycles. The van der Waals surface area contributed by atoms with E-state index in [0.29, 0.717) is 6.04 Å². The Labute approximate surface area is 87.5 Å². The maximum absolute atomic E-state index is 9.20. The van der Waals surface area contributed by atoms with Crippen LogP contribution in [0.4, 0.5) is 0 Å². The van der Waals surface area contributed by atoms with E-state index in [0.717, 1.165) is 13.1 Å². The molecule has 0 amide bonds. The van der Waals surface area contributed by atoms with Crippen molar-refractivity contribution in [1.29, 1.82) is 0 Å². The molecule has 0 aromatic carbocycles. The number of nitrogens with zero attached hydrogens (tertiary/aromatic N) is 1. The lowest BCUT2D eigenvalue weighted by Crippen LogP contribution is -2.37. The van der Waals surface area contributed by atoms with Gasteiger partial charge in [-0.05, 0) is 46.3 Å². The van der Waals surface area contributed by atoms with Crippen LogP contribution in [0.2, 0.25) is 0 Å². The molecule has 1 heterocycles. The first-order valence-corrected chi connectivity index (χ1v) is 5.78. The van der Waals surface area contributed by atoms with Crippen LogP contribution in [0.25, 0.3) is 0 Å². The third-order valence-corrected chi connectivity index (χ3v) is 2.85. The Morgan fingerprint density at radius 2 is 2.29 bits per heavy atom. The molecule has 0 spiro atoms. The molecule has 0 aromatic rings. The predicted octanol–water partition coefficient (Wildman–Crippen LogP) is 0.831. The molecule has 1 saturated heterocycles. The summed E-state index contributed by atoms with van der Waals surface area (Å²) < 4.78 is 0. The molecule has 2 atom stereocenters. The molecule has 0 bridgehead atoms. The second-order valence-electron chi connectivity index (χ2n) is 4.55. The van der Waals surface area contributed by atoms with Gasteiger partial charge in [0.15, 0.2) is 0 Å². The Bertz CT molecular complexity index is 144. The summed E-state index contributed by atoms with van der Waals surface area (Å²) >= 11 is 0. The van der Waals surface area contributed by atoms with Gasteiger partial charge < -0.3 is 15.3 Å². The SMILES string of the molecule is CC(O)CN(C)CCC1CCCCN1. The zero-order valence-electron chi connectivity index (χ0n) is 9.50. The Hall–Kier alpha value is -0.120. The molecule has 0 aromatic heterocycles. The zero-order valence-corrected chi connectivity index (χ0v) is 9.50. The summed E-state index contributed by atoms with van der Waals surface area (Å²) in [5, 5.41) is 12.7. The van der Waals surface area contributed by atoms with Crippen molar-refractivity contribution < 1.29 is 5.11 Å². The van der Waals surface area contributed by atoms with E-state index in [-0.39, 0.29) is 6.10 Å². The van der Waals surface area contributed by atoms with Crippen molar-refractivity contribution in [3.8, 4) is 0 Å². The number of aliphatic hydroxyl groups excluding tert-OH is 1. The summed E-state index contributed by atoms with van der Waals surface area (Å²) in [5.74, 6) is 0. The van der Waals surface area contributed by atoms with Gasteiger partial charge in [0.1, 0.15) is 0 Å². The molecule has 1 rings (SSSR count). The van der Waals surface area contributed by atoms with Gasteiger partial charge in [-0.25, -0.2) is 0 Å². The van der Waals surface area contributed by atoms with Crippen LogP contribution in [0.1, 0.15) is 32.6 Å². The normalized spacial score (nSPS) is 25.3. The number of likely N-dealkylation sites (N-methyl/N-ethyl adjacent to an activating group) is 1. The molecule has 84 valence electrons. The van der Waals surface area contributed by atoms with Crippen molar-refractivity contribution in [2.24, 2.45) is 0 Å². The molecule has 0 aliphatic carbocycles. The number of rotatable bonds is 5. The van der Waals surface area contributed by atoms with Crippen molar-refractivity contribution in [3.05, 3.63) is 0 Å². The van der Waals surface area contributed by atoms with Gasteiger partial charge in [0.05, 0.1) is 6.10 Å². The first kappa shape index (κ1) is 12.0. The van der Waals surface area contributed by atoms with E-state index >= 15 is 0 Å². The van der Waals surface area contributed by atoms with Gasteiger partial charge in [0.25, 0.3) is 0 Å². The molecule has 2 N–H and O–H groups in total. The highest BCUT2D eigenvalue weighted by Crippen LogP contribution is 2.10. The van der Waals surface area contributed by atoms with E-state index in [1.54, 1.807) is 0 Å². The molecule has 0 radical (unpaired) electrons. The number of hydrogen-bond donors (Lipinski definition) is 2. The molecular weight excluding hydrogens is 176 g/mol. The van der Waals surface area contributed by atoms with Crippen LogP contribution in [-0.4, -0.2) is 48.8 Å². The van der Waals surface area contributed by atoms with Gasteiger partial charge in [-0.15, -0.1) is 0 Å². The highest BCUT2D eigenvalue weighted by Gasteiger charge is 2.13. The molecule has 1 fully saturated rings. The van der Waals surface area contributed by atoms with Crippen LogP contribution < -0.4 is 5.32 Å². The first-order valence-electron chi connectivity index (χ1n) is 5.78. The maximum Gasteiger partial charge on any atom is 0.0638 e. The molecule has 14 heavy (non-hydrogen) atoms. The fraction of sp³-hybridized carbons (Fsp3) is 1.00. The smallest absolute Gasteiger partial charge is 0.0638 e. The second kappa shape index (κ2) is 6.38. The summed E-state index contributed by atoms with van der Waals surface area (Å²) in [7, 11) is 2.08. The molecule has 3 nitrogen and oxygen atoms in total. The van der Waals surface area contributed by atoms with Gasteiger partial charge in [-0.3, -0.25) is 0 Å². The van der Waals surface area contributed by atoms with Gasteiger partial charge >= 0.3 is 0 Å². The van der Waals surface area contributed by atoms with Gasteiger partial charge in [-0.2, -0.15) is 0 Å². The topological polar surface area (TPSA) is 35.5 Å². The number of nitrogens with one attached hydrogen (secondary N) is 1. The van der Waals surface area contributed by atoms with Crippen LogP contribution >= 0.6 is 0 Å². The van der Waals surface area contributed by atoms with Crippen molar-refractivity contribution in [1.82, 2.24) is 10.2 Å². The maximum atomic E-state index is 9.20. The average Bonchev–Trinajstić information content (AvgIpc) is 2.15. The summed E-state index contributed by atoms with van der Waals surface area (Å²) in [5.41, 5.74) is 0. The molecule has 2 unspecified atom stereocenters. The van der Waals surface area contributed by atoms with Crippen LogP contribution in [0, 0.1) is 0 Å². The molecule has 0 saturated carbocycles. The minimum atomic E-state index is -0.209. The molecule has 1 aliphatic rings. The fourth-order valence-electron chi connectivity index (χ4n) is 2.09. The quantitative estimate of drug-likeness (QED) is 0.690. The van der Waals surface area contributed by atoms with E-state index in [9.17, 15) is 5.11 Å². The lowest BCUT2D eigenvalue weighted by atomic mass is 10.0. The fourth-order valence-corrected chi connectivity index (χ4v) is 2.09. The third kappa shape index (κ3) is 4.94. The summed E-state index contributed by atoms with van der Waals surface area (Å²) in [6.07, 6.45) is 5.03. The molecule has 3 heteroatoms. The monoisotopic (exact) mass is 200 g/mol. The van der Waals surface area contributed by atoms with E-state index in [2.05, 4.69) is 17.3 Å². The van der Waals surface area contributed by atoms with Crippen molar-refractivity contribution in [2.75, 3.05) is 26.7 Å². The number of hydrogen-bond acceptors (Lipinski definition) is 3. The Kier molecular flexibility index (Phi) is 5.45. The van der Waals surface area contributed by atoms with Gasteiger partial charge in [0, 0.05) is 12.6 Å². The van der Waals surface area contributed by atoms with Gasteiger partial charge in [0.2, 0.25) is 0 Å². The van der Waals surface area contributed by atoms with Crippen LogP contribution in [0.3, 0.4) is 0 Å². The van der Waals surface area contributed by atoms with Crippen molar-refractivity contribution in [2.45, 2.75) is 44.8 Å². The standard InChI is InChI=1S/C11H24N2O/c1-10(14)9-13(2)8-6-11-5-3-4-7-12-11/h10-12,14H,3-9H2,1-2H3. The Morgan fingerprint density at radius 1 is 1.50 bits per heavy atom. The van der Waals surface area contributed by atoms with Crippen molar-refractivity contribution >= 4 is 0 Å². The largest absolute Gasteiger partial charge is 0.392 e. The summed E-state index contributed by atoms with van der Waals surface area (Å²) in [4.78, 5) is 2.21. The minimum Gasteiger partial charge on any atom is -0.392 e. The van der Waals surface area contributed by atoms with E-state index < -0.39 is 0 Å². The second-order valence-corrected chi connectivity index (χ2v) is 4.55. The molecular formula is C11H24N2O. The zero-order chi connectivity index (χ0) is 10.4. The average molecular weight is 200 g/mol. The van der Waals surface area contributed by atoms with E-state index in [4.69, 9.17) is 0 Å². The van der Waals surface area contributed by atoms with E-state index in [1.807, 2.05) is 6.92 Å². The van der Waals surface area contributed by atoms with Crippen LogP contribution in [0.5, 0.6) is 0 Å². The lowest BCUT2D eigenvalue weighted by molar-refractivity contribution is 0.138. The van der Waals surface area contributed by atoms with Crippen LogP contribution in [0.15, 0.2) is 0 Å². The van der Waals surface area contributed by atoms with E-state index in [1.165, 1.54) is 32.2 Å². The number of aliphatic hydroxyl groups is 1.